The van der Waals surface area contributed by atoms with Crippen molar-refractivity contribution in [3.05, 3.63) is 0 Å². The van der Waals surface area contributed by atoms with Crippen LogP contribution in [0.3, 0.4) is 0 Å². The van der Waals surface area contributed by atoms with Crippen molar-refractivity contribution >= 4 is 5.91 Å². The van der Waals surface area contributed by atoms with Gasteiger partial charge in [0.05, 0.1) is 6.10 Å². The molecule has 0 rings (SSSR count). The topological polar surface area (TPSA) is 61.4 Å². The predicted octanol–water partition coefficient (Wildman–Crippen LogP) is 3.77. The largest absolute Gasteiger partial charge is 0.392 e. The summed E-state index contributed by atoms with van der Waals surface area (Å²) in [6.07, 6.45) is 14.1. The smallest absolute Gasteiger partial charge is 0.221 e. The Morgan fingerprint density at radius 1 is 0.870 bits per heavy atom. The summed E-state index contributed by atoms with van der Waals surface area (Å²) in [4.78, 5) is 11.6. The maximum atomic E-state index is 11.6. The van der Waals surface area contributed by atoms with Crippen molar-refractivity contribution in [3.63, 3.8) is 0 Å². The van der Waals surface area contributed by atoms with Crippen molar-refractivity contribution in [1.82, 2.24) is 10.6 Å². The van der Waals surface area contributed by atoms with E-state index in [4.69, 9.17) is 0 Å². The van der Waals surface area contributed by atoms with E-state index < -0.39 is 0 Å². The summed E-state index contributed by atoms with van der Waals surface area (Å²) in [7, 11) is 0. The highest BCUT2D eigenvalue weighted by molar-refractivity contribution is 5.75. The summed E-state index contributed by atoms with van der Waals surface area (Å²) < 4.78 is 0. The van der Waals surface area contributed by atoms with Crippen molar-refractivity contribution in [3.8, 4) is 0 Å². The number of aliphatic hydroxyl groups excluding tert-OH is 1. The fraction of sp³-hybridized carbons (Fsp3) is 0.947. The number of carbonyl (C=O) groups is 1. The number of unbranched alkanes of at least 4 members (excludes halogenated alkanes) is 9. The van der Waals surface area contributed by atoms with Gasteiger partial charge < -0.3 is 15.7 Å². The van der Waals surface area contributed by atoms with Gasteiger partial charge in [-0.2, -0.15) is 0 Å². The zero-order chi connectivity index (χ0) is 17.2. The number of nitrogens with one attached hydrogen (secondary N) is 2. The van der Waals surface area contributed by atoms with Crippen LogP contribution in [-0.2, 0) is 4.79 Å². The van der Waals surface area contributed by atoms with Crippen molar-refractivity contribution in [1.29, 1.82) is 0 Å². The first-order valence-corrected chi connectivity index (χ1v) is 9.86. The van der Waals surface area contributed by atoms with E-state index in [0.717, 1.165) is 19.4 Å². The Kier molecular flexibility index (Phi) is 17.3. The van der Waals surface area contributed by atoms with Gasteiger partial charge in [-0.05, 0) is 12.8 Å². The minimum absolute atomic E-state index is 0.111. The van der Waals surface area contributed by atoms with Gasteiger partial charge in [-0.25, -0.2) is 0 Å². The molecular weight excluding hydrogens is 288 g/mol. The second kappa shape index (κ2) is 17.7. The lowest BCUT2D eigenvalue weighted by atomic mass is 10.1. The molecule has 0 fully saturated rings. The Labute approximate surface area is 143 Å². The van der Waals surface area contributed by atoms with E-state index in [0.29, 0.717) is 19.5 Å². The van der Waals surface area contributed by atoms with E-state index in [1.54, 1.807) is 0 Å². The SMILES string of the molecule is CCCCCCCCCCCCNC(=O)CCNCC(O)CC. The van der Waals surface area contributed by atoms with Crippen molar-refractivity contribution < 1.29 is 9.90 Å². The van der Waals surface area contributed by atoms with Crippen LogP contribution in [0.25, 0.3) is 0 Å². The number of rotatable bonds is 17. The van der Waals surface area contributed by atoms with Gasteiger partial charge in [-0.3, -0.25) is 4.79 Å². The molecule has 0 aromatic carbocycles. The summed E-state index contributed by atoms with van der Waals surface area (Å²) in [6, 6.07) is 0. The normalized spacial score (nSPS) is 12.3. The van der Waals surface area contributed by atoms with Gasteiger partial charge in [0.25, 0.3) is 0 Å². The van der Waals surface area contributed by atoms with Crippen molar-refractivity contribution in [2.75, 3.05) is 19.6 Å². The number of hydrogen-bond acceptors (Lipinski definition) is 3. The molecule has 0 aliphatic rings. The van der Waals surface area contributed by atoms with Crippen LogP contribution in [0.4, 0.5) is 0 Å². The Morgan fingerprint density at radius 2 is 1.43 bits per heavy atom. The molecule has 4 nitrogen and oxygen atoms in total. The molecule has 0 saturated heterocycles. The highest BCUT2D eigenvalue weighted by Crippen LogP contribution is 2.10. The monoisotopic (exact) mass is 328 g/mol. The lowest BCUT2D eigenvalue weighted by Crippen LogP contribution is -2.31. The summed E-state index contributed by atoms with van der Waals surface area (Å²) in [6.45, 7) is 6.22. The number of amides is 1. The average Bonchev–Trinajstić information content (AvgIpc) is 2.56. The molecule has 1 amide bonds. The maximum Gasteiger partial charge on any atom is 0.221 e. The highest BCUT2D eigenvalue weighted by Gasteiger charge is 2.02. The Morgan fingerprint density at radius 3 is 2.00 bits per heavy atom. The van der Waals surface area contributed by atoms with Crippen molar-refractivity contribution in [2.24, 2.45) is 0 Å². The molecule has 23 heavy (non-hydrogen) atoms. The van der Waals surface area contributed by atoms with Crippen LogP contribution in [-0.4, -0.2) is 36.8 Å². The second-order valence-electron chi connectivity index (χ2n) is 6.55. The minimum Gasteiger partial charge on any atom is -0.392 e. The molecule has 3 N–H and O–H groups in total. The molecule has 0 saturated carbocycles. The van der Waals surface area contributed by atoms with E-state index in [-0.39, 0.29) is 12.0 Å². The van der Waals surface area contributed by atoms with E-state index >= 15 is 0 Å². The van der Waals surface area contributed by atoms with Gasteiger partial charge in [-0.1, -0.05) is 71.6 Å². The molecule has 0 heterocycles. The van der Waals surface area contributed by atoms with Gasteiger partial charge in [0.15, 0.2) is 0 Å². The molecule has 4 heteroatoms. The molecule has 0 aromatic rings. The minimum atomic E-state index is -0.301. The zero-order valence-electron chi connectivity index (χ0n) is 15.5. The predicted molar refractivity (Wildman–Crippen MR) is 98.6 cm³/mol. The first kappa shape index (κ1) is 22.4. The van der Waals surface area contributed by atoms with Crippen LogP contribution in [0.1, 0.15) is 90.9 Å². The molecule has 0 aromatic heterocycles. The van der Waals surface area contributed by atoms with Gasteiger partial charge in [0.2, 0.25) is 5.91 Å². The standard InChI is InChI=1S/C19H40N2O2/c1-3-5-6-7-8-9-10-11-12-13-15-21-19(23)14-16-20-17-18(22)4-2/h18,20,22H,3-17H2,1-2H3,(H,21,23). The van der Waals surface area contributed by atoms with Gasteiger partial charge in [0.1, 0.15) is 0 Å². The quantitative estimate of drug-likeness (QED) is 0.356. The number of carbonyl (C=O) groups excluding carboxylic acids is 1. The Hall–Kier alpha value is -0.610. The first-order chi connectivity index (χ1) is 11.2. The second-order valence-corrected chi connectivity index (χ2v) is 6.55. The van der Waals surface area contributed by atoms with E-state index in [1.165, 1.54) is 57.8 Å². The molecule has 0 spiro atoms. The van der Waals surface area contributed by atoms with Crippen LogP contribution in [0.15, 0.2) is 0 Å². The van der Waals surface area contributed by atoms with Crippen molar-refractivity contribution in [2.45, 2.75) is 97.0 Å². The average molecular weight is 329 g/mol. The van der Waals surface area contributed by atoms with Crippen LogP contribution in [0.5, 0.6) is 0 Å². The summed E-state index contributed by atoms with van der Waals surface area (Å²) in [5.41, 5.74) is 0. The molecule has 1 unspecified atom stereocenters. The van der Waals surface area contributed by atoms with Gasteiger partial charge in [0, 0.05) is 26.1 Å². The van der Waals surface area contributed by atoms with Gasteiger partial charge >= 0.3 is 0 Å². The molecular formula is C19H40N2O2. The van der Waals surface area contributed by atoms with Crippen LogP contribution >= 0.6 is 0 Å². The highest BCUT2D eigenvalue weighted by atomic mass is 16.3. The van der Waals surface area contributed by atoms with E-state index in [1.807, 2.05) is 6.92 Å². The van der Waals surface area contributed by atoms with Crippen LogP contribution < -0.4 is 10.6 Å². The summed E-state index contributed by atoms with van der Waals surface area (Å²) in [5, 5.41) is 15.4. The summed E-state index contributed by atoms with van der Waals surface area (Å²) >= 11 is 0. The first-order valence-electron chi connectivity index (χ1n) is 9.86. The third-order valence-electron chi connectivity index (χ3n) is 4.23. The van der Waals surface area contributed by atoms with Crippen LogP contribution in [0, 0.1) is 0 Å². The molecule has 1 atom stereocenters. The maximum absolute atomic E-state index is 11.6. The van der Waals surface area contributed by atoms with Gasteiger partial charge in [-0.15, -0.1) is 0 Å². The third kappa shape index (κ3) is 17.6. The van der Waals surface area contributed by atoms with E-state index in [9.17, 15) is 9.90 Å². The van der Waals surface area contributed by atoms with Crippen LogP contribution in [0.2, 0.25) is 0 Å². The molecule has 0 aliphatic carbocycles. The number of aliphatic hydroxyl groups is 1. The fourth-order valence-electron chi connectivity index (χ4n) is 2.54. The number of hydrogen-bond donors (Lipinski definition) is 3. The third-order valence-corrected chi connectivity index (χ3v) is 4.23. The molecule has 0 radical (unpaired) electrons. The Bertz CT molecular complexity index is 260. The molecule has 138 valence electrons. The molecule has 0 bridgehead atoms. The molecule has 0 aliphatic heterocycles. The zero-order valence-corrected chi connectivity index (χ0v) is 15.5. The Balaban J connectivity index is 3.17. The lowest BCUT2D eigenvalue weighted by molar-refractivity contribution is -0.121. The summed E-state index contributed by atoms with van der Waals surface area (Å²) in [5.74, 6) is 0.111. The fourth-order valence-corrected chi connectivity index (χ4v) is 2.54. The lowest BCUT2D eigenvalue weighted by Gasteiger charge is -2.09. The van der Waals surface area contributed by atoms with E-state index in [2.05, 4.69) is 17.6 Å².